The number of rotatable bonds is 0. The second-order valence-electron chi connectivity index (χ2n) is 5.64. The molecule has 19 heavy (non-hydrogen) atoms. The van der Waals surface area contributed by atoms with E-state index in [1.807, 2.05) is 20.8 Å². The maximum atomic E-state index is 11.4. The number of amides is 2. The van der Waals surface area contributed by atoms with Gasteiger partial charge in [0.1, 0.15) is 5.60 Å². The molecule has 0 aromatic heterocycles. The first-order valence-corrected chi connectivity index (χ1v) is 6.54. The van der Waals surface area contributed by atoms with E-state index >= 15 is 0 Å². The van der Waals surface area contributed by atoms with Gasteiger partial charge < -0.3 is 15.0 Å². The fourth-order valence-corrected chi connectivity index (χ4v) is 1.68. The van der Waals surface area contributed by atoms with Crippen LogP contribution >= 0.6 is 0 Å². The SMILES string of the molecule is CC(C)(C)OC(=O)N1CCC(=O)C1.O=C1CCCN1. The van der Waals surface area contributed by atoms with Gasteiger partial charge in [-0.15, -0.1) is 0 Å². The zero-order valence-corrected chi connectivity index (χ0v) is 11.8. The molecule has 2 aliphatic rings. The summed E-state index contributed by atoms with van der Waals surface area (Å²) in [4.78, 5) is 33.8. The number of carbonyl (C=O) groups excluding carboxylic acids is 3. The van der Waals surface area contributed by atoms with Gasteiger partial charge in [0.15, 0.2) is 5.78 Å². The highest BCUT2D eigenvalue weighted by Crippen LogP contribution is 2.12. The Morgan fingerprint density at radius 3 is 2.26 bits per heavy atom. The topological polar surface area (TPSA) is 75.7 Å². The van der Waals surface area contributed by atoms with Crippen molar-refractivity contribution in [1.29, 1.82) is 0 Å². The second kappa shape index (κ2) is 6.54. The van der Waals surface area contributed by atoms with Crippen molar-refractivity contribution < 1.29 is 19.1 Å². The molecule has 2 aliphatic heterocycles. The first kappa shape index (κ1) is 15.5. The Kier molecular flexibility index (Phi) is 5.32. The number of nitrogens with zero attached hydrogens (tertiary/aromatic N) is 1. The van der Waals surface area contributed by atoms with Gasteiger partial charge in [0, 0.05) is 25.9 Å². The molecule has 0 spiro atoms. The van der Waals surface area contributed by atoms with Gasteiger partial charge in [0.2, 0.25) is 5.91 Å². The van der Waals surface area contributed by atoms with Crippen LogP contribution in [0.5, 0.6) is 0 Å². The summed E-state index contributed by atoms with van der Waals surface area (Å²) in [5.74, 6) is 0.306. The smallest absolute Gasteiger partial charge is 0.410 e. The fourth-order valence-electron chi connectivity index (χ4n) is 1.68. The predicted octanol–water partition coefficient (Wildman–Crippen LogP) is 1.09. The summed E-state index contributed by atoms with van der Waals surface area (Å²) in [6, 6.07) is 0. The highest BCUT2D eigenvalue weighted by Gasteiger charge is 2.27. The van der Waals surface area contributed by atoms with E-state index in [0.29, 0.717) is 13.0 Å². The number of hydrogen-bond donors (Lipinski definition) is 1. The molecule has 0 saturated carbocycles. The lowest BCUT2D eigenvalue weighted by molar-refractivity contribution is -0.119. The maximum absolute atomic E-state index is 11.4. The average Bonchev–Trinajstić information content (AvgIpc) is 2.88. The van der Waals surface area contributed by atoms with Gasteiger partial charge in [0.05, 0.1) is 6.54 Å². The molecule has 2 amide bonds. The van der Waals surface area contributed by atoms with Gasteiger partial charge in [-0.25, -0.2) is 4.79 Å². The van der Waals surface area contributed by atoms with Crippen LogP contribution in [0, 0.1) is 0 Å². The Labute approximate surface area is 113 Å². The molecule has 1 N–H and O–H groups in total. The zero-order valence-electron chi connectivity index (χ0n) is 11.8. The molecule has 0 radical (unpaired) electrons. The number of nitrogens with one attached hydrogen (secondary N) is 1. The van der Waals surface area contributed by atoms with Gasteiger partial charge in [-0.1, -0.05) is 0 Å². The monoisotopic (exact) mass is 270 g/mol. The summed E-state index contributed by atoms with van der Waals surface area (Å²) < 4.78 is 5.10. The number of hydrogen-bond acceptors (Lipinski definition) is 4. The molecule has 6 heteroatoms. The number of carbonyl (C=O) groups is 3. The molecule has 0 bridgehead atoms. The lowest BCUT2D eigenvalue weighted by Crippen LogP contribution is -2.35. The largest absolute Gasteiger partial charge is 0.444 e. The Bertz CT molecular complexity index is 352. The molecule has 6 nitrogen and oxygen atoms in total. The van der Waals surface area contributed by atoms with Gasteiger partial charge in [0.25, 0.3) is 0 Å². The van der Waals surface area contributed by atoms with Crippen molar-refractivity contribution in [3.63, 3.8) is 0 Å². The Morgan fingerprint density at radius 2 is 1.95 bits per heavy atom. The van der Waals surface area contributed by atoms with Crippen molar-refractivity contribution in [1.82, 2.24) is 10.2 Å². The number of ketones is 1. The van der Waals surface area contributed by atoms with Crippen LogP contribution in [-0.2, 0) is 14.3 Å². The predicted molar refractivity (Wildman–Crippen MR) is 69.7 cm³/mol. The summed E-state index contributed by atoms with van der Waals surface area (Å²) in [5, 5.41) is 2.68. The first-order chi connectivity index (χ1) is 8.78. The molecule has 2 fully saturated rings. The minimum absolute atomic E-state index is 0.103. The molecular weight excluding hydrogens is 248 g/mol. The van der Waals surface area contributed by atoms with Crippen LogP contribution in [0.1, 0.15) is 40.0 Å². The molecule has 2 rings (SSSR count). The molecule has 108 valence electrons. The van der Waals surface area contributed by atoms with E-state index in [2.05, 4.69) is 5.32 Å². The third kappa shape index (κ3) is 6.22. The van der Waals surface area contributed by atoms with Crippen LogP contribution in [-0.4, -0.2) is 47.9 Å². The van der Waals surface area contributed by atoms with Crippen molar-refractivity contribution in [3.05, 3.63) is 0 Å². The van der Waals surface area contributed by atoms with Gasteiger partial charge >= 0.3 is 6.09 Å². The standard InChI is InChI=1S/C9H15NO3.C4H7NO/c1-9(2,3)13-8(12)10-5-4-7(11)6-10;6-4-2-1-3-5-4/h4-6H2,1-3H3;1-3H2,(H,5,6). The van der Waals surface area contributed by atoms with Crippen molar-refractivity contribution in [2.75, 3.05) is 19.6 Å². The summed E-state index contributed by atoms with van der Waals surface area (Å²) >= 11 is 0. The third-order valence-corrected chi connectivity index (χ3v) is 2.58. The van der Waals surface area contributed by atoms with Crippen molar-refractivity contribution >= 4 is 17.8 Å². The Morgan fingerprint density at radius 1 is 1.26 bits per heavy atom. The van der Waals surface area contributed by atoms with Gasteiger partial charge in [-0.3, -0.25) is 9.59 Å². The normalized spacial score (nSPS) is 18.8. The van der Waals surface area contributed by atoms with Crippen LogP contribution in [0.25, 0.3) is 0 Å². The maximum Gasteiger partial charge on any atom is 0.410 e. The summed E-state index contributed by atoms with van der Waals surface area (Å²) in [7, 11) is 0. The molecule has 0 unspecified atom stereocenters. The molecular formula is C13H22N2O4. The molecule has 0 aromatic rings. The Balaban J connectivity index is 0.000000250. The number of Topliss-reactive ketones (excluding diaryl/α,β-unsaturated/α-hetero) is 1. The third-order valence-electron chi connectivity index (χ3n) is 2.58. The van der Waals surface area contributed by atoms with Crippen LogP contribution in [0.15, 0.2) is 0 Å². The van der Waals surface area contributed by atoms with Crippen LogP contribution < -0.4 is 5.32 Å². The second-order valence-corrected chi connectivity index (χ2v) is 5.64. The van der Waals surface area contributed by atoms with E-state index < -0.39 is 11.7 Å². The van der Waals surface area contributed by atoms with Crippen LogP contribution in [0.3, 0.4) is 0 Å². The van der Waals surface area contributed by atoms with Crippen molar-refractivity contribution in [2.45, 2.75) is 45.6 Å². The van der Waals surface area contributed by atoms with Crippen LogP contribution in [0.4, 0.5) is 4.79 Å². The lowest BCUT2D eigenvalue weighted by atomic mass is 10.2. The highest BCUT2D eigenvalue weighted by atomic mass is 16.6. The molecule has 0 atom stereocenters. The Hall–Kier alpha value is -1.59. The van der Waals surface area contributed by atoms with Crippen molar-refractivity contribution in [2.24, 2.45) is 0 Å². The van der Waals surface area contributed by atoms with Gasteiger partial charge in [-0.05, 0) is 27.2 Å². The zero-order chi connectivity index (χ0) is 14.5. The highest BCUT2D eigenvalue weighted by molar-refractivity contribution is 5.87. The van der Waals surface area contributed by atoms with E-state index in [4.69, 9.17) is 4.74 Å². The summed E-state index contributed by atoms with van der Waals surface area (Å²) in [6.07, 6.45) is 1.83. The van der Waals surface area contributed by atoms with Gasteiger partial charge in [-0.2, -0.15) is 0 Å². The minimum Gasteiger partial charge on any atom is -0.444 e. The summed E-state index contributed by atoms with van der Waals surface area (Å²) in [6.45, 7) is 7.01. The van der Waals surface area contributed by atoms with Crippen molar-refractivity contribution in [3.8, 4) is 0 Å². The first-order valence-electron chi connectivity index (χ1n) is 6.54. The van der Waals surface area contributed by atoms with E-state index in [-0.39, 0.29) is 18.2 Å². The number of ether oxygens (including phenoxy) is 1. The number of likely N-dealkylation sites (tertiary alicyclic amines) is 1. The minimum atomic E-state index is -0.483. The quantitative estimate of drug-likeness (QED) is 0.715. The van der Waals surface area contributed by atoms with E-state index in [1.165, 1.54) is 4.90 Å². The fraction of sp³-hybridized carbons (Fsp3) is 0.769. The summed E-state index contributed by atoms with van der Waals surface area (Å²) in [5.41, 5.74) is -0.483. The average molecular weight is 270 g/mol. The van der Waals surface area contributed by atoms with E-state index in [9.17, 15) is 14.4 Å². The molecule has 2 saturated heterocycles. The molecule has 0 aliphatic carbocycles. The van der Waals surface area contributed by atoms with Crippen LogP contribution in [0.2, 0.25) is 0 Å². The molecule has 0 aromatic carbocycles. The van der Waals surface area contributed by atoms with E-state index in [0.717, 1.165) is 19.4 Å². The van der Waals surface area contributed by atoms with E-state index in [1.54, 1.807) is 0 Å². The lowest BCUT2D eigenvalue weighted by Gasteiger charge is -2.23. The molecule has 2 heterocycles.